The smallest absolute Gasteiger partial charge is 0.243 e. The van der Waals surface area contributed by atoms with Gasteiger partial charge in [0.05, 0.1) is 17.6 Å². The normalized spacial score (nSPS) is 27.9. The Hall–Kier alpha value is -0.950. The minimum atomic E-state index is -3.36. The van der Waals surface area contributed by atoms with Crippen molar-refractivity contribution in [3.05, 3.63) is 30.3 Å². The fraction of sp³-hybridized carbons (Fsp3) is 0.684. The standard InChI is InChI=1S/C19H28N2O3S/c22-25(23,18-6-2-1-3-7-18)21-12-8-19(9-13-21)14-17(24-16-19)15-20-10-4-5-11-20/h1-3,6-7,17H,4-5,8-16H2. The predicted octanol–water partition coefficient (Wildman–Crippen LogP) is 2.34. The van der Waals surface area contributed by atoms with Gasteiger partial charge in [0, 0.05) is 19.6 Å². The van der Waals surface area contributed by atoms with Crippen LogP contribution in [0.3, 0.4) is 0 Å². The summed E-state index contributed by atoms with van der Waals surface area (Å²) in [6.07, 6.45) is 5.86. The Balaban J connectivity index is 1.35. The van der Waals surface area contributed by atoms with E-state index < -0.39 is 10.0 Å². The van der Waals surface area contributed by atoms with E-state index in [0.29, 0.717) is 24.1 Å². The largest absolute Gasteiger partial charge is 0.376 e. The number of hydrogen-bond acceptors (Lipinski definition) is 4. The summed E-state index contributed by atoms with van der Waals surface area (Å²) in [7, 11) is -3.36. The molecule has 0 N–H and O–H groups in total. The molecule has 5 nitrogen and oxygen atoms in total. The molecule has 0 radical (unpaired) electrons. The van der Waals surface area contributed by atoms with Gasteiger partial charge in [0.15, 0.2) is 0 Å². The van der Waals surface area contributed by atoms with Crippen LogP contribution in [-0.4, -0.2) is 63.1 Å². The molecule has 1 aromatic rings. The molecule has 0 aliphatic carbocycles. The first-order valence-electron chi connectivity index (χ1n) is 9.47. The van der Waals surface area contributed by atoms with Crippen LogP contribution in [0.5, 0.6) is 0 Å². The summed E-state index contributed by atoms with van der Waals surface area (Å²) in [6, 6.07) is 8.79. The lowest BCUT2D eigenvalue weighted by Crippen LogP contribution is -2.43. The minimum Gasteiger partial charge on any atom is -0.376 e. The lowest BCUT2D eigenvalue weighted by molar-refractivity contribution is 0.0627. The highest BCUT2D eigenvalue weighted by molar-refractivity contribution is 7.89. The van der Waals surface area contributed by atoms with E-state index in [1.807, 2.05) is 6.07 Å². The molecule has 1 atom stereocenters. The summed E-state index contributed by atoms with van der Waals surface area (Å²) in [5, 5.41) is 0. The summed E-state index contributed by atoms with van der Waals surface area (Å²) in [5.41, 5.74) is 0.188. The highest BCUT2D eigenvalue weighted by Gasteiger charge is 2.44. The van der Waals surface area contributed by atoms with Gasteiger partial charge in [0.25, 0.3) is 0 Å². The van der Waals surface area contributed by atoms with Gasteiger partial charge in [-0.3, -0.25) is 0 Å². The molecule has 1 unspecified atom stereocenters. The highest BCUT2D eigenvalue weighted by Crippen LogP contribution is 2.43. The van der Waals surface area contributed by atoms with Crippen molar-refractivity contribution in [3.63, 3.8) is 0 Å². The number of ether oxygens (including phenoxy) is 1. The molecule has 25 heavy (non-hydrogen) atoms. The van der Waals surface area contributed by atoms with Crippen molar-refractivity contribution in [2.24, 2.45) is 5.41 Å². The maximum Gasteiger partial charge on any atom is 0.243 e. The van der Waals surface area contributed by atoms with E-state index in [0.717, 1.165) is 32.4 Å². The fourth-order valence-corrected chi connectivity index (χ4v) is 6.02. The Bertz CT molecular complexity index is 678. The first-order chi connectivity index (χ1) is 12.1. The third-order valence-corrected chi connectivity index (χ3v) is 8.02. The number of nitrogens with zero attached hydrogens (tertiary/aromatic N) is 2. The second-order valence-corrected chi connectivity index (χ2v) is 9.80. The Labute approximate surface area is 151 Å². The quantitative estimate of drug-likeness (QED) is 0.823. The van der Waals surface area contributed by atoms with Crippen molar-refractivity contribution in [3.8, 4) is 0 Å². The van der Waals surface area contributed by atoms with Gasteiger partial charge in [-0.05, 0) is 62.7 Å². The Morgan fingerprint density at radius 3 is 2.40 bits per heavy atom. The second kappa shape index (κ2) is 6.99. The van der Waals surface area contributed by atoms with Crippen molar-refractivity contribution in [2.75, 3.05) is 39.3 Å². The lowest BCUT2D eigenvalue weighted by atomic mass is 9.77. The molecule has 0 aromatic heterocycles. The Morgan fingerprint density at radius 2 is 1.72 bits per heavy atom. The summed E-state index contributed by atoms with van der Waals surface area (Å²) >= 11 is 0. The highest BCUT2D eigenvalue weighted by atomic mass is 32.2. The molecule has 0 amide bonds. The van der Waals surface area contributed by atoms with Crippen molar-refractivity contribution in [1.82, 2.24) is 9.21 Å². The maximum atomic E-state index is 12.8. The average molecular weight is 365 g/mol. The van der Waals surface area contributed by atoms with Crippen LogP contribution in [0.25, 0.3) is 0 Å². The molecule has 138 valence electrons. The van der Waals surface area contributed by atoms with E-state index in [2.05, 4.69) is 4.90 Å². The van der Waals surface area contributed by atoms with Crippen molar-refractivity contribution >= 4 is 10.0 Å². The average Bonchev–Trinajstić information content (AvgIpc) is 3.27. The van der Waals surface area contributed by atoms with Gasteiger partial charge < -0.3 is 9.64 Å². The van der Waals surface area contributed by atoms with Gasteiger partial charge in [0.1, 0.15) is 0 Å². The van der Waals surface area contributed by atoms with E-state index >= 15 is 0 Å². The van der Waals surface area contributed by atoms with Crippen LogP contribution >= 0.6 is 0 Å². The summed E-state index contributed by atoms with van der Waals surface area (Å²) in [4.78, 5) is 2.92. The number of sulfonamides is 1. The van der Waals surface area contributed by atoms with Crippen LogP contribution in [-0.2, 0) is 14.8 Å². The molecular formula is C19H28N2O3S. The number of hydrogen-bond donors (Lipinski definition) is 0. The van der Waals surface area contributed by atoms with E-state index in [1.54, 1.807) is 28.6 Å². The van der Waals surface area contributed by atoms with Gasteiger partial charge in [-0.2, -0.15) is 4.31 Å². The molecule has 6 heteroatoms. The van der Waals surface area contributed by atoms with Crippen LogP contribution in [0.2, 0.25) is 0 Å². The summed E-state index contributed by atoms with van der Waals surface area (Å²) < 4.78 is 33.3. The molecule has 1 spiro atoms. The van der Waals surface area contributed by atoms with Crippen LogP contribution in [0, 0.1) is 5.41 Å². The van der Waals surface area contributed by atoms with Gasteiger partial charge in [-0.25, -0.2) is 8.42 Å². The zero-order chi connectivity index (χ0) is 17.3. The van der Waals surface area contributed by atoms with Gasteiger partial charge in [-0.15, -0.1) is 0 Å². The van der Waals surface area contributed by atoms with E-state index in [9.17, 15) is 8.42 Å². The summed E-state index contributed by atoms with van der Waals surface area (Å²) in [5.74, 6) is 0. The monoisotopic (exact) mass is 364 g/mol. The zero-order valence-electron chi connectivity index (χ0n) is 14.8. The number of benzene rings is 1. The van der Waals surface area contributed by atoms with Crippen molar-refractivity contribution < 1.29 is 13.2 Å². The van der Waals surface area contributed by atoms with Gasteiger partial charge in [0.2, 0.25) is 10.0 Å². The first kappa shape index (κ1) is 17.5. The molecule has 3 aliphatic rings. The molecule has 0 saturated carbocycles. The SMILES string of the molecule is O=S(=O)(c1ccccc1)N1CCC2(CC1)COC(CN1CCCC1)C2. The van der Waals surface area contributed by atoms with Crippen molar-refractivity contribution in [2.45, 2.75) is 43.1 Å². The van der Waals surface area contributed by atoms with Crippen LogP contribution in [0.1, 0.15) is 32.1 Å². The van der Waals surface area contributed by atoms with Gasteiger partial charge in [-0.1, -0.05) is 18.2 Å². The molecule has 3 aliphatic heterocycles. The molecule has 3 heterocycles. The van der Waals surface area contributed by atoms with Crippen LogP contribution < -0.4 is 0 Å². The van der Waals surface area contributed by atoms with E-state index in [-0.39, 0.29) is 5.41 Å². The minimum absolute atomic E-state index is 0.188. The van der Waals surface area contributed by atoms with Crippen LogP contribution in [0.15, 0.2) is 35.2 Å². The third-order valence-electron chi connectivity index (χ3n) is 6.11. The third kappa shape index (κ3) is 3.63. The number of rotatable bonds is 4. The topological polar surface area (TPSA) is 49.9 Å². The molecule has 0 bridgehead atoms. The Kier molecular flexibility index (Phi) is 4.88. The molecule has 1 aromatic carbocycles. The van der Waals surface area contributed by atoms with E-state index in [4.69, 9.17) is 4.74 Å². The number of piperidine rings is 1. The van der Waals surface area contributed by atoms with Gasteiger partial charge >= 0.3 is 0 Å². The lowest BCUT2D eigenvalue weighted by Gasteiger charge is -2.37. The first-order valence-corrected chi connectivity index (χ1v) is 10.9. The molecule has 3 saturated heterocycles. The predicted molar refractivity (Wildman–Crippen MR) is 96.9 cm³/mol. The Morgan fingerprint density at radius 1 is 1.04 bits per heavy atom. The number of likely N-dealkylation sites (tertiary alicyclic amines) is 1. The summed E-state index contributed by atoms with van der Waals surface area (Å²) in [6.45, 7) is 5.47. The molecule has 4 rings (SSSR count). The molecular weight excluding hydrogens is 336 g/mol. The fourth-order valence-electron chi connectivity index (χ4n) is 4.56. The van der Waals surface area contributed by atoms with Crippen LogP contribution in [0.4, 0.5) is 0 Å². The zero-order valence-corrected chi connectivity index (χ0v) is 15.6. The molecule has 3 fully saturated rings. The second-order valence-electron chi connectivity index (χ2n) is 7.86. The van der Waals surface area contributed by atoms with E-state index in [1.165, 1.54) is 25.9 Å². The maximum absolute atomic E-state index is 12.8. The van der Waals surface area contributed by atoms with Crippen molar-refractivity contribution in [1.29, 1.82) is 0 Å².